The summed E-state index contributed by atoms with van der Waals surface area (Å²) in [6.45, 7) is 5.66. The van der Waals surface area contributed by atoms with Gasteiger partial charge in [0.2, 0.25) is 11.4 Å². The fraction of sp³-hybridized carbons (Fsp3) is 0.0833. The minimum Gasteiger partial charge on any atom is -0.454 e. The van der Waals surface area contributed by atoms with Crippen LogP contribution >= 0.6 is 0 Å². The van der Waals surface area contributed by atoms with Crippen molar-refractivity contribution in [3.8, 4) is 22.6 Å². The summed E-state index contributed by atoms with van der Waals surface area (Å²) < 4.78 is 20.4. The summed E-state index contributed by atoms with van der Waals surface area (Å²) in [6.07, 6.45) is 7.27. The Morgan fingerprint density at radius 3 is 2.60 bits per heavy atom. The van der Waals surface area contributed by atoms with Crippen molar-refractivity contribution in [2.45, 2.75) is 13.5 Å². The molecule has 0 saturated heterocycles. The summed E-state index contributed by atoms with van der Waals surface area (Å²) in [5.41, 5.74) is 6.06. The lowest BCUT2D eigenvalue weighted by Gasteiger charge is -2.11. The molecular weight excluding hydrogens is 453 g/mol. The molecule has 3 aromatic heterocycles. The molecule has 11 heteroatoms. The Labute approximate surface area is 199 Å². The molecule has 35 heavy (non-hydrogen) atoms. The van der Waals surface area contributed by atoms with Gasteiger partial charge in [-0.2, -0.15) is 5.10 Å². The number of anilines is 2. The largest absolute Gasteiger partial charge is 0.454 e. The maximum atomic E-state index is 13.3. The predicted molar refractivity (Wildman–Crippen MR) is 128 cm³/mol. The number of aromatic nitrogens is 5. The fourth-order valence-electron chi connectivity index (χ4n) is 3.11. The lowest BCUT2D eigenvalue weighted by atomic mass is 10.1. The quantitative estimate of drug-likeness (QED) is 0.390. The number of nitrogens with one attached hydrogen (secondary N) is 1. The van der Waals surface area contributed by atoms with E-state index in [9.17, 15) is 14.0 Å². The van der Waals surface area contributed by atoms with Gasteiger partial charge in [0.25, 0.3) is 5.91 Å². The molecule has 4 aromatic rings. The average molecular weight is 473 g/mol. The predicted octanol–water partition coefficient (Wildman–Crippen LogP) is 3.36. The summed E-state index contributed by atoms with van der Waals surface area (Å²) in [5.74, 6) is -0.173. The van der Waals surface area contributed by atoms with E-state index in [2.05, 4.69) is 31.9 Å². The number of benzene rings is 1. The first kappa shape index (κ1) is 23.2. The number of nitrogen functional groups attached to an aromatic ring is 1. The van der Waals surface area contributed by atoms with Crippen molar-refractivity contribution in [2.24, 2.45) is 0 Å². The van der Waals surface area contributed by atoms with Crippen LogP contribution in [0.2, 0.25) is 0 Å². The molecule has 0 aliphatic heterocycles. The van der Waals surface area contributed by atoms with E-state index in [0.717, 1.165) is 0 Å². The van der Waals surface area contributed by atoms with Gasteiger partial charge in [0.05, 0.1) is 18.9 Å². The molecular formula is C24H20FN7O3. The topological polar surface area (TPSA) is 138 Å². The van der Waals surface area contributed by atoms with Crippen LogP contribution in [-0.4, -0.2) is 30.6 Å². The van der Waals surface area contributed by atoms with E-state index in [1.54, 1.807) is 19.1 Å². The van der Waals surface area contributed by atoms with Crippen LogP contribution in [0.3, 0.4) is 0 Å². The van der Waals surface area contributed by atoms with E-state index in [1.165, 1.54) is 53.7 Å². The number of carbonyl (C=O) groups is 1. The first-order valence-electron chi connectivity index (χ1n) is 10.4. The van der Waals surface area contributed by atoms with E-state index >= 15 is 0 Å². The van der Waals surface area contributed by atoms with Crippen LogP contribution in [-0.2, 0) is 6.54 Å². The van der Waals surface area contributed by atoms with Gasteiger partial charge in [0.15, 0.2) is 11.4 Å². The molecule has 3 heterocycles. The highest BCUT2D eigenvalue weighted by Crippen LogP contribution is 2.26. The van der Waals surface area contributed by atoms with E-state index in [-0.39, 0.29) is 23.8 Å². The number of allylic oxidation sites excluding steroid dienone is 1. The van der Waals surface area contributed by atoms with E-state index < -0.39 is 17.2 Å². The number of nitrogens with zero attached hydrogens (tertiary/aromatic N) is 5. The third kappa shape index (κ3) is 5.19. The summed E-state index contributed by atoms with van der Waals surface area (Å²) in [5, 5.41) is 6.56. The SMILES string of the molecule is C=CCn1cc(-c2ccc(F)cc2)c(=O)c(C(=O)Nc2ncc(Oc3ccnc(N)c3C)cn2)n1. The first-order chi connectivity index (χ1) is 16.9. The number of pyridine rings is 1. The highest BCUT2D eigenvalue weighted by atomic mass is 19.1. The van der Waals surface area contributed by atoms with Crippen LogP contribution in [0.15, 0.2) is 72.6 Å². The molecule has 0 aliphatic carbocycles. The first-order valence-corrected chi connectivity index (χ1v) is 10.4. The Kier molecular flexibility index (Phi) is 6.58. The molecule has 0 atom stereocenters. The fourth-order valence-corrected chi connectivity index (χ4v) is 3.11. The van der Waals surface area contributed by atoms with Gasteiger partial charge < -0.3 is 10.5 Å². The van der Waals surface area contributed by atoms with Crippen molar-refractivity contribution in [3.63, 3.8) is 0 Å². The number of carbonyl (C=O) groups excluding carboxylic acids is 1. The van der Waals surface area contributed by atoms with Gasteiger partial charge in [-0.25, -0.2) is 19.3 Å². The van der Waals surface area contributed by atoms with Crippen LogP contribution in [0.1, 0.15) is 16.1 Å². The number of rotatable bonds is 7. The van der Waals surface area contributed by atoms with Crippen molar-refractivity contribution in [3.05, 3.63) is 95.1 Å². The number of nitrogens with two attached hydrogens (primary N) is 1. The number of hydrogen-bond acceptors (Lipinski definition) is 8. The van der Waals surface area contributed by atoms with E-state index in [1.807, 2.05) is 0 Å². The van der Waals surface area contributed by atoms with Crippen molar-refractivity contribution in [2.75, 3.05) is 11.1 Å². The Morgan fingerprint density at radius 1 is 1.20 bits per heavy atom. The van der Waals surface area contributed by atoms with Crippen LogP contribution in [0.5, 0.6) is 11.5 Å². The van der Waals surface area contributed by atoms with E-state index in [0.29, 0.717) is 28.4 Å². The Hall–Kier alpha value is -4.93. The summed E-state index contributed by atoms with van der Waals surface area (Å²) in [4.78, 5) is 38.0. The monoisotopic (exact) mass is 473 g/mol. The number of ether oxygens (including phenoxy) is 1. The molecule has 0 spiro atoms. The molecule has 3 N–H and O–H groups in total. The van der Waals surface area contributed by atoms with Gasteiger partial charge in [-0.15, -0.1) is 6.58 Å². The lowest BCUT2D eigenvalue weighted by molar-refractivity contribution is 0.101. The number of halogens is 1. The number of hydrogen-bond donors (Lipinski definition) is 2. The molecule has 0 bridgehead atoms. The summed E-state index contributed by atoms with van der Waals surface area (Å²) in [7, 11) is 0. The van der Waals surface area contributed by atoms with Gasteiger partial charge in [-0.3, -0.25) is 19.6 Å². The zero-order valence-corrected chi connectivity index (χ0v) is 18.6. The molecule has 0 fully saturated rings. The third-order valence-electron chi connectivity index (χ3n) is 4.93. The molecule has 176 valence electrons. The molecule has 1 aromatic carbocycles. The highest BCUT2D eigenvalue weighted by Gasteiger charge is 2.19. The van der Waals surface area contributed by atoms with Gasteiger partial charge >= 0.3 is 0 Å². The summed E-state index contributed by atoms with van der Waals surface area (Å²) >= 11 is 0. The molecule has 0 unspecified atom stereocenters. The van der Waals surface area contributed by atoms with Crippen LogP contribution in [0, 0.1) is 12.7 Å². The molecule has 0 aliphatic rings. The van der Waals surface area contributed by atoms with Gasteiger partial charge in [-0.05, 0) is 30.7 Å². The Balaban J connectivity index is 1.58. The zero-order valence-electron chi connectivity index (χ0n) is 18.6. The third-order valence-corrected chi connectivity index (χ3v) is 4.93. The smallest absolute Gasteiger partial charge is 0.282 e. The molecule has 1 amide bonds. The second-order valence-corrected chi connectivity index (χ2v) is 7.36. The second kappa shape index (κ2) is 9.91. The molecule has 0 radical (unpaired) electrons. The van der Waals surface area contributed by atoms with Crippen molar-refractivity contribution >= 4 is 17.7 Å². The second-order valence-electron chi connectivity index (χ2n) is 7.36. The molecule has 10 nitrogen and oxygen atoms in total. The number of amides is 1. The zero-order chi connectivity index (χ0) is 24.9. The van der Waals surface area contributed by atoms with Gasteiger partial charge in [0.1, 0.15) is 17.4 Å². The standard InChI is InChI=1S/C24H20FN7O3/c1-3-10-32-13-18(15-4-6-16(25)7-5-15)21(33)20(31-32)23(34)30-24-28-11-17(12-29-24)35-19-8-9-27-22(26)14(19)2/h3-9,11-13H,1,10H2,2H3,(H2,26,27)(H,28,29,30,34). The van der Waals surface area contributed by atoms with Crippen LogP contribution < -0.4 is 21.2 Å². The average Bonchev–Trinajstić information content (AvgIpc) is 2.85. The minimum atomic E-state index is -0.803. The van der Waals surface area contributed by atoms with Gasteiger partial charge in [-0.1, -0.05) is 18.2 Å². The summed E-state index contributed by atoms with van der Waals surface area (Å²) in [6, 6.07) is 7.01. The van der Waals surface area contributed by atoms with Crippen molar-refractivity contribution in [1.82, 2.24) is 24.7 Å². The van der Waals surface area contributed by atoms with Gasteiger partial charge in [0, 0.05) is 23.5 Å². The van der Waals surface area contributed by atoms with Crippen molar-refractivity contribution < 1.29 is 13.9 Å². The molecule has 0 saturated carbocycles. The molecule has 4 rings (SSSR count). The maximum absolute atomic E-state index is 13.3. The maximum Gasteiger partial charge on any atom is 0.282 e. The normalized spacial score (nSPS) is 10.6. The van der Waals surface area contributed by atoms with E-state index in [4.69, 9.17) is 10.5 Å². The Bertz CT molecular complexity index is 1450. The van der Waals surface area contributed by atoms with Crippen LogP contribution in [0.4, 0.5) is 16.2 Å². The van der Waals surface area contributed by atoms with Crippen LogP contribution in [0.25, 0.3) is 11.1 Å². The minimum absolute atomic E-state index is 0.0584. The Morgan fingerprint density at radius 2 is 1.91 bits per heavy atom. The van der Waals surface area contributed by atoms with Crippen molar-refractivity contribution in [1.29, 1.82) is 0 Å². The lowest BCUT2D eigenvalue weighted by Crippen LogP contribution is -2.28. The highest BCUT2D eigenvalue weighted by molar-refractivity contribution is 6.02.